The molecule has 2 aromatic carbocycles. The fraction of sp³-hybridized carbons (Fsp3) is 0.176. The van der Waals surface area contributed by atoms with Gasteiger partial charge in [-0.15, -0.1) is 18.3 Å². The number of aryl methyl sites for hydroxylation is 1. The normalized spacial score (nSPS) is 11.5. The molecule has 0 saturated carbocycles. The molecule has 0 radical (unpaired) electrons. The summed E-state index contributed by atoms with van der Waals surface area (Å²) in [6.45, 7) is 2.01. The summed E-state index contributed by atoms with van der Waals surface area (Å²) in [6, 6.07) is 13.7. The van der Waals surface area contributed by atoms with Gasteiger partial charge in [0.05, 0.1) is 0 Å². The molecule has 25 heavy (non-hydrogen) atoms. The van der Waals surface area contributed by atoms with Crippen molar-refractivity contribution >= 4 is 11.8 Å². The monoisotopic (exact) mass is 365 g/mol. The molecule has 0 amide bonds. The predicted octanol–water partition coefficient (Wildman–Crippen LogP) is 4.97. The minimum absolute atomic E-state index is 0.235. The summed E-state index contributed by atoms with van der Waals surface area (Å²) in [5.74, 6) is 0.981. The number of alkyl halides is 3. The van der Waals surface area contributed by atoms with E-state index in [0.717, 1.165) is 16.7 Å². The van der Waals surface area contributed by atoms with Gasteiger partial charge in [0.15, 0.2) is 5.82 Å². The van der Waals surface area contributed by atoms with Crippen molar-refractivity contribution in [2.24, 2.45) is 0 Å². The summed E-state index contributed by atoms with van der Waals surface area (Å²) in [4.78, 5) is 4.41. The van der Waals surface area contributed by atoms with E-state index < -0.39 is 6.36 Å². The second-order valence-corrected chi connectivity index (χ2v) is 6.26. The fourth-order valence-corrected chi connectivity index (χ4v) is 2.84. The van der Waals surface area contributed by atoms with E-state index in [4.69, 9.17) is 0 Å². The zero-order chi connectivity index (χ0) is 17.9. The largest absolute Gasteiger partial charge is 0.573 e. The molecule has 0 unspecified atom stereocenters. The van der Waals surface area contributed by atoms with Crippen molar-refractivity contribution in [3.8, 4) is 17.1 Å². The lowest BCUT2D eigenvalue weighted by molar-refractivity contribution is -0.274. The lowest BCUT2D eigenvalue weighted by Crippen LogP contribution is -2.16. The minimum atomic E-state index is -4.68. The number of nitrogens with one attached hydrogen (secondary N) is 1. The van der Waals surface area contributed by atoms with E-state index in [-0.39, 0.29) is 5.75 Å². The summed E-state index contributed by atoms with van der Waals surface area (Å²) in [6.07, 6.45) is -4.68. The summed E-state index contributed by atoms with van der Waals surface area (Å²) in [5, 5.41) is 7.61. The average molecular weight is 365 g/mol. The molecular weight excluding hydrogens is 351 g/mol. The number of hydrogen-bond acceptors (Lipinski definition) is 4. The summed E-state index contributed by atoms with van der Waals surface area (Å²) in [7, 11) is 0. The number of rotatable bonds is 5. The number of aromatic amines is 1. The molecule has 0 spiro atoms. The number of ether oxygens (including phenoxy) is 1. The van der Waals surface area contributed by atoms with Crippen molar-refractivity contribution in [1.29, 1.82) is 0 Å². The van der Waals surface area contributed by atoms with E-state index in [2.05, 4.69) is 19.9 Å². The standard InChI is InChI=1S/C17H14F3N3OS/c1-11-2-6-13(7-3-11)15-21-16(23-22-15)25-10-12-4-8-14(9-5-12)24-17(18,19)20/h2-9H,10H2,1H3,(H,21,22,23). The third-order valence-corrected chi connectivity index (χ3v) is 4.23. The first kappa shape index (κ1) is 17.3. The van der Waals surface area contributed by atoms with Crippen LogP contribution in [-0.4, -0.2) is 21.5 Å². The topological polar surface area (TPSA) is 50.8 Å². The molecule has 3 aromatic rings. The molecule has 1 N–H and O–H groups in total. The number of H-pyrrole nitrogens is 1. The third-order valence-electron chi connectivity index (χ3n) is 3.31. The molecule has 130 valence electrons. The van der Waals surface area contributed by atoms with Crippen LogP contribution < -0.4 is 4.74 Å². The van der Waals surface area contributed by atoms with Crippen LogP contribution >= 0.6 is 11.8 Å². The Balaban J connectivity index is 1.59. The Kier molecular flexibility index (Phi) is 4.98. The highest BCUT2D eigenvalue weighted by atomic mass is 32.2. The average Bonchev–Trinajstić information content (AvgIpc) is 3.02. The van der Waals surface area contributed by atoms with Crippen LogP contribution in [0.1, 0.15) is 11.1 Å². The fourth-order valence-electron chi connectivity index (χ4n) is 2.09. The first-order valence-electron chi connectivity index (χ1n) is 7.36. The van der Waals surface area contributed by atoms with Crippen molar-refractivity contribution in [2.75, 3.05) is 0 Å². The molecule has 4 nitrogen and oxygen atoms in total. The molecule has 0 aliphatic rings. The Labute approximate surface area is 146 Å². The molecule has 0 aliphatic heterocycles. The Morgan fingerprint density at radius 3 is 2.36 bits per heavy atom. The quantitative estimate of drug-likeness (QED) is 0.649. The maximum atomic E-state index is 12.1. The van der Waals surface area contributed by atoms with Gasteiger partial charge in [-0.25, -0.2) is 4.98 Å². The second-order valence-electron chi connectivity index (χ2n) is 5.31. The van der Waals surface area contributed by atoms with Gasteiger partial charge in [-0.1, -0.05) is 53.7 Å². The van der Waals surface area contributed by atoms with E-state index in [9.17, 15) is 13.2 Å². The number of nitrogens with zero attached hydrogens (tertiary/aromatic N) is 2. The van der Waals surface area contributed by atoms with Gasteiger partial charge >= 0.3 is 6.36 Å². The van der Waals surface area contributed by atoms with Gasteiger partial charge in [0.25, 0.3) is 0 Å². The molecular formula is C17H14F3N3OS. The highest BCUT2D eigenvalue weighted by Crippen LogP contribution is 2.26. The van der Waals surface area contributed by atoms with Crippen LogP contribution in [-0.2, 0) is 5.75 Å². The molecule has 0 saturated heterocycles. The highest BCUT2D eigenvalue weighted by molar-refractivity contribution is 7.98. The van der Waals surface area contributed by atoms with Gasteiger partial charge in [0.1, 0.15) is 5.75 Å². The third kappa shape index (κ3) is 4.99. The zero-order valence-electron chi connectivity index (χ0n) is 13.2. The van der Waals surface area contributed by atoms with E-state index in [1.165, 1.54) is 23.9 Å². The van der Waals surface area contributed by atoms with Crippen LogP contribution in [0, 0.1) is 6.92 Å². The van der Waals surface area contributed by atoms with E-state index >= 15 is 0 Å². The molecule has 0 aliphatic carbocycles. The number of halogens is 3. The van der Waals surface area contributed by atoms with Crippen LogP contribution in [0.4, 0.5) is 13.2 Å². The van der Waals surface area contributed by atoms with Crippen molar-refractivity contribution in [2.45, 2.75) is 24.2 Å². The summed E-state index contributed by atoms with van der Waals surface area (Å²) >= 11 is 1.39. The van der Waals surface area contributed by atoms with Gasteiger partial charge in [-0.05, 0) is 24.6 Å². The SMILES string of the molecule is Cc1ccc(-c2nc(SCc3ccc(OC(F)(F)F)cc3)n[nH]2)cc1. The number of benzene rings is 2. The van der Waals surface area contributed by atoms with Crippen molar-refractivity contribution in [3.63, 3.8) is 0 Å². The predicted molar refractivity (Wildman–Crippen MR) is 89.2 cm³/mol. The zero-order valence-corrected chi connectivity index (χ0v) is 14.0. The van der Waals surface area contributed by atoms with Gasteiger partial charge in [0.2, 0.25) is 5.16 Å². The summed E-state index contributed by atoms with van der Waals surface area (Å²) in [5.41, 5.74) is 2.95. The van der Waals surface area contributed by atoms with E-state index in [0.29, 0.717) is 16.7 Å². The Morgan fingerprint density at radius 1 is 1.04 bits per heavy atom. The summed E-state index contributed by atoms with van der Waals surface area (Å²) < 4.78 is 40.2. The van der Waals surface area contributed by atoms with Crippen LogP contribution in [0.3, 0.4) is 0 Å². The first-order valence-corrected chi connectivity index (χ1v) is 8.34. The van der Waals surface area contributed by atoms with Crippen LogP contribution in [0.25, 0.3) is 11.4 Å². The van der Waals surface area contributed by atoms with Crippen LogP contribution in [0.2, 0.25) is 0 Å². The molecule has 1 heterocycles. The smallest absolute Gasteiger partial charge is 0.406 e. The van der Waals surface area contributed by atoms with E-state index in [1.54, 1.807) is 12.1 Å². The molecule has 0 atom stereocenters. The molecule has 0 fully saturated rings. The Hall–Kier alpha value is -2.48. The second kappa shape index (κ2) is 7.18. The van der Waals surface area contributed by atoms with Crippen molar-refractivity contribution in [1.82, 2.24) is 15.2 Å². The Morgan fingerprint density at radius 2 is 1.72 bits per heavy atom. The number of aromatic nitrogens is 3. The minimum Gasteiger partial charge on any atom is -0.406 e. The molecule has 3 rings (SSSR count). The van der Waals surface area contributed by atoms with Crippen LogP contribution in [0.5, 0.6) is 5.75 Å². The van der Waals surface area contributed by atoms with Gasteiger partial charge in [0, 0.05) is 11.3 Å². The van der Waals surface area contributed by atoms with Crippen molar-refractivity contribution < 1.29 is 17.9 Å². The van der Waals surface area contributed by atoms with Crippen LogP contribution in [0.15, 0.2) is 53.7 Å². The van der Waals surface area contributed by atoms with Crippen molar-refractivity contribution in [3.05, 3.63) is 59.7 Å². The lowest BCUT2D eigenvalue weighted by atomic mass is 10.1. The molecule has 8 heteroatoms. The van der Waals surface area contributed by atoms with Gasteiger partial charge < -0.3 is 4.74 Å². The first-order chi connectivity index (χ1) is 11.9. The van der Waals surface area contributed by atoms with Gasteiger partial charge in [-0.2, -0.15) is 0 Å². The molecule has 0 bridgehead atoms. The van der Waals surface area contributed by atoms with E-state index in [1.807, 2.05) is 31.2 Å². The number of thioether (sulfide) groups is 1. The lowest BCUT2D eigenvalue weighted by Gasteiger charge is -2.08. The maximum Gasteiger partial charge on any atom is 0.573 e. The molecule has 1 aromatic heterocycles. The van der Waals surface area contributed by atoms with Gasteiger partial charge in [-0.3, -0.25) is 5.10 Å². The number of hydrogen-bond donors (Lipinski definition) is 1. The Bertz CT molecular complexity index is 830. The maximum absolute atomic E-state index is 12.1. The highest BCUT2D eigenvalue weighted by Gasteiger charge is 2.30.